The van der Waals surface area contributed by atoms with Gasteiger partial charge in [-0.05, 0) is 12.5 Å². The Morgan fingerprint density at radius 2 is 1.96 bits per heavy atom. The van der Waals surface area contributed by atoms with Crippen LogP contribution >= 0.6 is 0 Å². The Morgan fingerprint density at radius 1 is 1.19 bits per heavy atom. The molecule has 0 amide bonds. The van der Waals surface area contributed by atoms with Crippen molar-refractivity contribution in [2.75, 3.05) is 12.4 Å². The van der Waals surface area contributed by atoms with Crippen LogP contribution < -0.4 is 10.1 Å². The number of aromatic nitrogens is 4. The summed E-state index contributed by atoms with van der Waals surface area (Å²) in [6.07, 6.45) is -2.05. The van der Waals surface area contributed by atoms with Gasteiger partial charge in [-0.25, -0.2) is 9.97 Å². The maximum Gasteiger partial charge on any atom is 0.245 e. The Labute approximate surface area is 155 Å². The fourth-order valence-corrected chi connectivity index (χ4v) is 3.18. The SMILES string of the molecule is CNc1nc2c(OCc3ccccc3)ncnc2n1[C@@H]1O[C@H](C)[C@@H](O)[C@H]1O. The second kappa shape index (κ2) is 7.10. The smallest absolute Gasteiger partial charge is 0.245 e. The highest BCUT2D eigenvalue weighted by molar-refractivity contribution is 5.79. The first kappa shape index (κ1) is 17.7. The number of nitrogens with one attached hydrogen (secondary N) is 1. The van der Waals surface area contributed by atoms with Crippen molar-refractivity contribution in [3.63, 3.8) is 0 Å². The number of aliphatic hydroxyl groups excluding tert-OH is 2. The predicted octanol–water partition coefficient (Wildman–Crippen LogP) is 1.09. The van der Waals surface area contributed by atoms with Crippen LogP contribution in [0.4, 0.5) is 5.95 Å². The number of rotatable bonds is 5. The molecule has 0 bridgehead atoms. The highest BCUT2D eigenvalue weighted by Gasteiger charge is 2.43. The zero-order valence-corrected chi connectivity index (χ0v) is 15.0. The summed E-state index contributed by atoms with van der Waals surface area (Å²) in [7, 11) is 1.71. The van der Waals surface area contributed by atoms with Gasteiger partial charge in [0.2, 0.25) is 11.8 Å². The minimum atomic E-state index is -1.10. The first-order valence-electron chi connectivity index (χ1n) is 8.69. The first-order chi connectivity index (χ1) is 13.1. The molecule has 0 saturated carbocycles. The van der Waals surface area contributed by atoms with Gasteiger partial charge in [-0.2, -0.15) is 4.98 Å². The minimum Gasteiger partial charge on any atom is -0.471 e. The molecule has 0 spiro atoms. The summed E-state index contributed by atoms with van der Waals surface area (Å²) in [6, 6.07) is 9.74. The summed E-state index contributed by atoms with van der Waals surface area (Å²) < 4.78 is 13.2. The van der Waals surface area contributed by atoms with Gasteiger partial charge >= 0.3 is 0 Å². The Morgan fingerprint density at radius 3 is 2.63 bits per heavy atom. The third-order valence-electron chi connectivity index (χ3n) is 4.62. The number of anilines is 1. The molecule has 27 heavy (non-hydrogen) atoms. The van der Waals surface area contributed by atoms with Gasteiger partial charge < -0.3 is 25.0 Å². The molecule has 142 valence electrons. The largest absolute Gasteiger partial charge is 0.471 e. The zero-order valence-electron chi connectivity index (χ0n) is 15.0. The van der Waals surface area contributed by atoms with Crippen molar-refractivity contribution in [1.82, 2.24) is 19.5 Å². The molecule has 4 rings (SSSR count). The Balaban J connectivity index is 1.71. The van der Waals surface area contributed by atoms with E-state index in [-0.39, 0.29) is 0 Å². The van der Waals surface area contributed by atoms with Crippen molar-refractivity contribution in [3.8, 4) is 5.88 Å². The molecule has 9 heteroatoms. The van der Waals surface area contributed by atoms with Crippen molar-refractivity contribution in [3.05, 3.63) is 42.2 Å². The molecule has 1 aromatic carbocycles. The summed E-state index contributed by atoms with van der Waals surface area (Å²) in [4.78, 5) is 13.0. The Hall–Kier alpha value is -2.75. The summed E-state index contributed by atoms with van der Waals surface area (Å²) >= 11 is 0. The summed E-state index contributed by atoms with van der Waals surface area (Å²) in [5, 5.41) is 23.4. The van der Waals surface area contributed by atoms with Crippen LogP contribution in [0.1, 0.15) is 18.7 Å². The molecule has 4 atom stereocenters. The van der Waals surface area contributed by atoms with Gasteiger partial charge in [-0.1, -0.05) is 30.3 Å². The van der Waals surface area contributed by atoms with Crippen LogP contribution in [-0.2, 0) is 11.3 Å². The van der Waals surface area contributed by atoms with E-state index in [9.17, 15) is 10.2 Å². The van der Waals surface area contributed by atoms with Gasteiger partial charge in [0.05, 0.1) is 6.10 Å². The highest BCUT2D eigenvalue weighted by atomic mass is 16.6. The number of nitrogens with zero attached hydrogens (tertiary/aromatic N) is 4. The number of aliphatic hydroxyl groups is 2. The first-order valence-corrected chi connectivity index (χ1v) is 8.69. The lowest BCUT2D eigenvalue weighted by Crippen LogP contribution is -2.30. The molecular formula is C18H21N5O4. The van der Waals surface area contributed by atoms with E-state index in [1.165, 1.54) is 6.33 Å². The highest BCUT2D eigenvalue weighted by Crippen LogP contribution is 2.35. The average molecular weight is 371 g/mol. The normalized spacial score (nSPS) is 25.0. The van der Waals surface area contributed by atoms with Gasteiger partial charge in [0.1, 0.15) is 25.1 Å². The third kappa shape index (κ3) is 3.09. The quantitative estimate of drug-likeness (QED) is 0.611. The molecular weight excluding hydrogens is 350 g/mol. The number of hydrogen-bond acceptors (Lipinski definition) is 8. The molecule has 9 nitrogen and oxygen atoms in total. The predicted molar refractivity (Wildman–Crippen MR) is 97.2 cm³/mol. The summed E-state index contributed by atoms with van der Waals surface area (Å²) in [5.74, 6) is 0.764. The van der Waals surface area contributed by atoms with E-state index in [0.717, 1.165) is 5.56 Å². The molecule has 1 fully saturated rings. The van der Waals surface area contributed by atoms with Gasteiger partial charge in [-0.3, -0.25) is 4.57 Å². The number of ether oxygens (including phenoxy) is 2. The standard InChI is InChI=1S/C18H21N5O4/c1-10-13(24)14(25)17(27-10)23-15-12(22-18(23)19-2)16(21-9-20-15)26-8-11-6-4-3-5-7-11/h3-7,9-10,13-14,17,24-25H,8H2,1-2H3,(H,19,22)/t10-,13-,14-,17-/m1/s1. The number of benzene rings is 1. The van der Waals surface area contributed by atoms with E-state index in [0.29, 0.717) is 29.6 Å². The van der Waals surface area contributed by atoms with Crippen LogP contribution in [0.5, 0.6) is 5.88 Å². The maximum absolute atomic E-state index is 10.4. The molecule has 1 aliphatic rings. The average Bonchev–Trinajstić information content (AvgIpc) is 3.19. The molecule has 1 aliphatic heterocycles. The lowest BCUT2D eigenvalue weighted by molar-refractivity contribution is -0.0286. The van der Waals surface area contributed by atoms with E-state index >= 15 is 0 Å². The Kier molecular flexibility index (Phi) is 4.65. The molecule has 0 radical (unpaired) electrons. The summed E-state index contributed by atoms with van der Waals surface area (Å²) in [5.41, 5.74) is 1.90. The van der Waals surface area contributed by atoms with Gasteiger partial charge in [0.25, 0.3) is 0 Å². The molecule has 0 aliphatic carbocycles. The molecule has 2 aromatic heterocycles. The monoisotopic (exact) mass is 371 g/mol. The van der Waals surface area contributed by atoms with Crippen molar-refractivity contribution < 1.29 is 19.7 Å². The Bertz CT molecular complexity index is 932. The third-order valence-corrected chi connectivity index (χ3v) is 4.62. The van der Waals surface area contributed by atoms with Crippen LogP contribution in [0.2, 0.25) is 0 Å². The number of fused-ring (bicyclic) bond motifs is 1. The zero-order chi connectivity index (χ0) is 19.0. The minimum absolute atomic E-state index is 0.334. The maximum atomic E-state index is 10.4. The van der Waals surface area contributed by atoms with Crippen LogP contribution in [0, 0.1) is 0 Å². The van der Waals surface area contributed by atoms with Crippen LogP contribution in [0.25, 0.3) is 11.2 Å². The molecule has 3 heterocycles. The molecule has 1 saturated heterocycles. The van der Waals surface area contributed by atoms with Crippen molar-refractivity contribution in [1.29, 1.82) is 0 Å². The number of hydrogen-bond donors (Lipinski definition) is 3. The second-order valence-electron chi connectivity index (χ2n) is 6.39. The van der Waals surface area contributed by atoms with E-state index in [1.54, 1.807) is 18.5 Å². The van der Waals surface area contributed by atoms with Crippen LogP contribution in [0.15, 0.2) is 36.7 Å². The van der Waals surface area contributed by atoms with Crippen molar-refractivity contribution >= 4 is 17.1 Å². The van der Waals surface area contributed by atoms with Crippen molar-refractivity contribution in [2.45, 2.75) is 38.1 Å². The van der Waals surface area contributed by atoms with Crippen LogP contribution in [0.3, 0.4) is 0 Å². The topological polar surface area (TPSA) is 115 Å². The van der Waals surface area contributed by atoms with E-state index < -0.39 is 24.5 Å². The molecule has 3 N–H and O–H groups in total. The van der Waals surface area contributed by atoms with E-state index in [1.807, 2.05) is 30.3 Å². The summed E-state index contributed by atoms with van der Waals surface area (Å²) in [6.45, 7) is 2.04. The van der Waals surface area contributed by atoms with Gasteiger partial charge in [0, 0.05) is 7.05 Å². The molecule has 3 aromatic rings. The van der Waals surface area contributed by atoms with E-state index in [2.05, 4.69) is 20.3 Å². The molecule has 0 unspecified atom stereocenters. The van der Waals surface area contributed by atoms with Crippen molar-refractivity contribution in [2.24, 2.45) is 0 Å². The lowest BCUT2D eigenvalue weighted by atomic mass is 10.1. The van der Waals surface area contributed by atoms with E-state index in [4.69, 9.17) is 9.47 Å². The fraction of sp³-hybridized carbons (Fsp3) is 0.389. The van der Waals surface area contributed by atoms with Gasteiger partial charge in [0.15, 0.2) is 17.4 Å². The number of imidazole rings is 1. The van der Waals surface area contributed by atoms with Gasteiger partial charge in [-0.15, -0.1) is 0 Å². The second-order valence-corrected chi connectivity index (χ2v) is 6.39. The lowest BCUT2D eigenvalue weighted by Gasteiger charge is -2.18. The van der Waals surface area contributed by atoms with Crippen LogP contribution in [-0.4, -0.2) is 55.1 Å². The fourth-order valence-electron chi connectivity index (χ4n) is 3.18.